The Balaban J connectivity index is 2.51. The molecule has 3 heteroatoms. The van der Waals surface area contributed by atoms with Crippen molar-refractivity contribution in [3.63, 3.8) is 0 Å². The Kier molecular flexibility index (Phi) is 5.03. The first kappa shape index (κ1) is 12.9. The number of likely N-dealkylation sites (N-methyl/N-ethyl adjacent to an activating group) is 1. The highest BCUT2D eigenvalue weighted by atomic mass is 16.3. The number of hydrogen-bond acceptors (Lipinski definition) is 3. The van der Waals surface area contributed by atoms with E-state index in [9.17, 15) is 5.11 Å². The monoisotopic (exact) mass is 214 g/mol. The summed E-state index contributed by atoms with van der Waals surface area (Å²) in [5, 5.41) is 13.0. The minimum absolute atomic E-state index is 0.184. The van der Waals surface area contributed by atoms with E-state index in [1.54, 1.807) is 0 Å². The number of likely N-dealkylation sites (tertiary alicyclic amines) is 1. The number of piperidine rings is 1. The molecule has 0 aromatic carbocycles. The topological polar surface area (TPSA) is 35.5 Å². The Morgan fingerprint density at radius 2 is 2.00 bits per heavy atom. The summed E-state index contributed by atoms with van der Waals surface area (Å²) in [7, 11) is 2.02. The zero-order valence-electron chi connectivity index (χ0n) is 10.5. The lowest BCUT2D eigenvalue weighted by molar-refractivity contribution is 0.0450. The first-order valence-electron chi connectivity index (χ1n) is 6.10. The normalized spacial score (nSPS) is 30.8. The lowest BCUT2D eigenvalue weighted by atomic mass is 9.90. The molecule has 0 spiro atoms. The fourth-order valence-electron chi connectivity index (χ4n) is 2.46. The van der Waals surface area contributed by atoms with E-state index < -0.39 is 0 Å². The maximum Gasteiger partial charge on any atom is 0.0553 e. The molecular formula is C12H26N2O. The lowest BCUT2D eigenvalue weighted by Gasteiger charge is -2.39. The van der Waals surface area contributed by atoms with E-state index in [0.717, 1.165) is 26.1 Å². The highest BCUT2D eigenvalue weighted by Crippen LogP contribution is 2.20. The van der Waals surface area contributed by atoms with Crippen LogP contribution in [0.2, 0.25) is 0 Å². The van der Waals surface area contributed by atoms with Gasteiger partial charge in [-0.2, -0.15) is 0 Å². The van der Waals surface area contributed by atoms with Crippen LogP contribution in [-0.4, -0.2) is 48.8 Å². The summed E-state index contributed by atoms with van der Waals surface area (Å²) in [6.07, 6.45) is 0.916. The molecular weight excluding hydrogens is 188 g/mol. The van der Waals surface area contributed by atoms with E-state index in [4.69, 9.17) is 0 Å². The molecule has 0 amide bonds. The van der Waals surface area contributed by atoms with Crippen LogP contribution in [-0.2, 0) is 0 Å². The number of rotatable bonds is 4. The first-order chi connectivity index (χ1) is 7.02. The standard InChI is InChI=1S/C12H26N2O/c1-9(2)6-14-7-11(10(3)15)5-12(8-14)13-4/h9-13,15H,5-8H2,1-4H3. The van der Waals surface area contributed by atoms with Gasteiger partial charge in [-0.25, -0.2) is 0 Å². The second-order valence-corrected chi connectivity index (χ2v) is 5.33. The summed E-state index contributed by atoms with van der Waals surface area (Å²) in [6.45, 7) is 9.73. The Morgan fingerprint density at radius 3 is 2.47 bits per heavy atom. The molecule has 1 saturated heterocycles. The highest BCUT2D eigenvalue weighted by Gasteiger charge is 2.28. The van der Waals surface area contributed by atoms with Crippen molar-refractivity contribution in [1.29, 1.82) is 0 Å². The summed E-state index contributed by atoms with van der Waals surface area (Å²) < 4.78 is 0. The van der Waals surface area contributed by atoms with Crippen LogP contribution in [0.4, 0.5) is 0 Å². The molecule has 1 aliphatic rings. The van der Waals surface area contributed by atoms with Crippen LogP contribution >= 0.6 is 0 Å². The molecule has 1 fully saturated rings. The van der Waals surface area contributed by atoms with Gasteiger partial charge in [0.2, 0.25) is 0 Å². The molecule has 15 heavy (non-hydrogen) atoms. The van der Waals surface area contributed by atoms with Crippen LogP contribution in [0.1, 0.15) is 27.2 Å². The molecule has 1 rings (SSSR count). The summed E-state index contributed by atoms with van der Waals surface area (Å²) in [5.41, 5.74) is 0. The predicted octanol–water partition coefficient (Wildman–Crippen LogP) is 0.933. The van der Waals surface area contributed by atoms with Gasteiger partial charge in [-0.1, -0.05) is 13.8 Å². The Bertz CT molecular complexity index is 182. The van der Waals surface area contributed by atoms with Crippen molar-refractivity contribution in [2.75, 3.05) is 26.7 Å². The SMILES string of the molecule is CNC1CC(C(C)O)CN(CC(C)C)C1. The second kappa shape index (κ2) is 5.83. The van der Waals surface area contributed by atoms with Crippen LogP contribution in [0.3, 0.4) is 0 Å². The predicted molar refractivity (Wildman–Crippen MR) is 63.9 cm³/mol. The molecule has 0 aromatic heterocycles. The molecule has 0 radical (unpaired) electrons. The first-order valence-corrected chi connectivity index (χ1v) is 6.10. The Morgan fingerprint density at radius 1 is 1.33 bits per heavy atom. The van der Waals surface area contributed by atoms with Crippen LogP contribution < -0.4 is 5.32 Å². The second-order valence-electron chi connectivity index (χ2n) is 5.33. The summed E-state index contributed by atoms with van der Waals surface area (Å²) >= 11 is 0. The quantitative estimate of drug-likeness (QED) is 0.731. The molecule has 3 atom stereocenters. The third-order valence-corrected chi connectivity index (χ3v) is 3.27. The summed E-state index contributed by atoms with van der Waals surface area (Å²) in [5.74, 6) is 1.13. The van der Waals surface area contributed by atoms with Crippen molar-refractivity contribution in [2.45, 2.75) is 39.3 Å². The van der Waals surface area contributed by atoms with E-state index in [1.807, 2.05) is 14.0 Å². The molecule has 0 bridgehead atoms. The molecule has 1 aliphatic heterocycles. The van der Waals surface area contributed by atoms with E-state index in [-0.39, 0.29) is 6.10 Å². The van der Waals surface area contributed by atoms with Gasteiger partial charge >= 0.3 is 0 Å². The number of nitrogens with zero attached hydrogens (tertiary/aromatic N) is 1. The molecule has 3 unspecified atom stereocenters. The zero-order valence-corrected chi connectivity index (χ0v) is 10.5. The maximum atomic E-state index is 9.69. The summed E-state index contributed by atoms with van der Waals surface area (Å²) in [4.78, 5) is 2.48. The van der Waals surface area contributed by atoms with Gasteiger partial charge in [0, 0.05) is 25.7 Å². The fraction of sp³-hybridized carbons (Fsp3) is 1.00. The van der Waals surface area contributed by atoms with Crippen molar-refractivity contribution in [1.82, 2.24) is 10.2 Å². The largest absolute Gasteiger partial charge is 0.393 e. The average Bonchev–Trinajstić information content (AvgIpc) is 2.16. The number of hydrogen-bond donors (Lipinski definition) is 2. The van der Waals surface area contributed by atoms with Gasteiger partial charge in [0.1, 0.15) is 0 Å². The van der Waals surface area contributed by atoms with Crippen molar-refractivity contribution < 1.29 is 5.11 Å². The van der Waals surface area contributed by atoms with Gasteiger partial charge in [-0.05, 0) is 32.2 Å². The molecule has 3 nitrogen and oxygen atoms in total. The molecule has 0 aliphatic carbocycles. The Labute approximate surface area is 93.9 Å². The van der Waals surface area contributed by atoms with Crippen molar-refractivity contribution >= 4 is 0 Å². The van der Waals surface area contributed by atoms with E-state index in [1.165, 1.54) is 0 Å². The average molecular weight is 214 g/mol. The van der Waals surface area contributed by atoms with Crippen molar-refractivity contribution in [2.24, 2.45) is 11.8 Å². The minimum atomic E-state index is -0.184. The van der Waals surface area contributed by atoms with Gasteiger partial charge in [0.25, 0.3) is 0 Å². The van der Waals surface area contributed by atoms with Crippen molar-refractivity contribution in [3.8, 4) is 0 Å². The number of aliphatic hydroxyl groups excluding tert-OH is 1. The fourth-order valence-corrected chi connectivity index (χ4v) is 2.46. The van der Waals surface area contributed by atoms with Crippen LogP contribution in [0, 0.1) is 11.8 Å². The Hall–Kier alpha value is -0.120. The van der Waals surface area contributed by atoms with Gasteiger partial charge < -0.3 is 15.3 Å². The zero-order chi connectivity index (χ0) is 11.4. The minimum Gasteiger partial charge on any atom is -0.393 e. The van der Waals surface area contributed by atoms with Gasteiger partial charge in [0.15, 0.2) is 0 Å². The number of nitrogens with one attached hydrogen (secondary N) is 1. The van der Waals surface area contributed by atoms with Gasteiger partial charge in [0.05, 0.1) is 6.10 Å². The van der Waals surface area contributed by atoms with Crippen molar-refractivity contribution in [3.05, 3.63) is 0 Å². The number of aliphatic hydroxyl groups is 1. The molecule has 1 heterocycles. The lowest BCUT2D eigenvalue weighted by Crippen LogP contribution is -2.51. The van der Waals surface area contributed by atoms with Gasteiger partial charge in [-0.3, -0.25) is 0 Å². The molecule has 0 saturated carbocycles. The van der Waals surface area contributed by atoms with Crippen LogP contribution in [0.5, 0.6) is 0 Å². The highest BCUT2D eigenvalue weighted by molar-refractivity contribution is 4.85. The summed E-state index contributed by atoms with van der Waals surface area (Å²) in [6, 6.07) is 0.539. The van der Waals surface area contributed by atoms with Crippen LogP contribution in [0.25, 0.3) is 0 Å². The van der Waals surface area contributed by atoms with E-state index in [2.05, 4.69) is 24.1 Å². The molecule has 2 N–H and O–H groups in total. The molecule has 90 valence electrons. The maximum absolute atomic E-state index is 9.69. The van der Waals surface area contributed by atoms with E-state index >= 15 is 0 Å². The third-order valence-electron chi connectivity index (χ3n) is 3.27. The smallest absolute Gasteiger partial charge is 0.0553 e. The molecule has 0 aromatic rings. The third kappa shape index (κ3) is 4.09. The van der Waals surface area contributed by atoms with Crippen LogP contribution in [0.15, 0.2) is 0 Å². The van der Waals surface area contributed by atoms with E-state index in [0.29, 0.717) is 17.9 Å². The van der Waals surface area contributed by atoms with Gasteiger partial charge in [-0.15, -0.1) is 0 Å².